The highest BCUT2D eigenvalue weighted by atomic mass is 32.1. The van der Waals surface area contributed by atoms with Crippen LogP contribution in [0, 0.1) is 0 Å². The van der Waals surface area contributed by atoms with Crippen molar-refractivity contribution in [3.63, 3.8) is 0 Å². The summed E-state index contributed by atoms with van der Waals surface area (Å²) in [5, 5.41) is 0. The van der Waals surface area contributed by atoms with Crippen molar-refractivity contribution < 1.29 is 4.42 Å². The summed E-state index contributed by atoms with van der Waals surface area (Å²) in [6.45, 7) is 0. The van der Waals surface area contributed by atoms with E-state index in [-0.39, 0.29) is 0 Å². The summed E-state index contributed by atoms with van der Waals surface area (Å²) in [7, 11) is 0. The molecule has 4 heteroatoms. The molecule has 0 atom stereocenters. The molecule has 2 aromatic heterocycles. The van der Waals surface area contributed by atoms with E-state index in [1.165, 1.54) is 0 Å². The predicted octanol–water partition coefficient (Wildman–Crippen LogP) is 1.65. The fourth-order valence-corrected chi connectivity index (χ4v) is 1.02. The summed E-state index contributed by atoms with van der Waals surface area (Å²) in [5.41, 5.74) is 1.37. The van der Waals surface area contributed by atoms with Gasteiger partial charge in [-0.25, -0.2) is 4.98 Å². The molecule has 0 aliphatic heterocycles. The van der Waals surface area contributed by atoms with Crippen LogP contribution in [0.2, 0.25) is 0 Å². The maximum atomic E-state index is 5.27. The topological polar surface area (TPSA) is 38.9 Å². The van der Waals surface area contributed by atoms with Crippen molar-refractivity contribution in [2.75, 3.05) is 0 Å². The van der Waals surface area contributed by atoms with Crippen LogP contribution in [0.1, 0.15) is 5.89 Å². The molecule has 0 saturated heterocycles. The third-order valence-corrected chi connectivity index (χ3v) is 1.62. The number of aromatic nitrogens is 2. The highest BCUT2D eigenvalue weighted by Crippen LogP contribution is 2.12. The lowest BCUT2D eigenvalue weighted by molar-refractivity contribution is 0.556. The Morgan fingerprint density at radius 1 is 1.55 bits per heavy atom. The summed E-state index contributed by atoms with van der Waals surface area (Å²) < 4.78 is 5.27. The molecule has 3 nitrogen and oxygen atoms in total. The molecular weight excluding hydrogens is 160 g/mol. The monoisotopic (exact) mass is 166 g/mol. The molecule has 0 N–H and O–H groups in total. The van der Waals surface area contributed by atoms with Crippen LogP contribution in [-0.4, -0.2) is 9.97 Å². The SMILES string of the molecule is SCc1nc2ncccc2o1. The average molecular weight is 166 g/mol. The summed E-state index contributed by atoms with van der Waals surface area (Å²) in [4.78, 5) is 8.09. The van der Waals surface area contributed by atoms with Crippen molar-refractivity contribution in [2.45, 2.75) is 5.75 Å². The Hall–Kier alpha value is -1.03. The number of fused-ring (bicyclic) bond motifs is 1. The van der Waals surface area contributed by atoms with Crippen LogP contribution < -0.4 is 0 Å². The first-order valence-electron chi connectivity index (χ1n) is 3.21. The summed E-state index contributed by atoms with van der Waals surface area (Å²) in [5.74, 6) is 1.12. The van der Waals surface area contributed by atoms with Crippen LogP contribution in [0.25, 0.3) is 11.2 Å². The Labute approximate surface area is 68.9 Å². The van der Waals surface area contributed by atoms with Gasteiger partial charge in [-0.3, -0.25) is 0 Å². The van der Waals surface area contributed by atoms with Gasteiger partial charge in [-0.15, -0.1) is 0 Å². The van der Waals surface area contributed by atoms with E-state index in [1.807, 2.05) is 12.1 Å². The minimum Gasteiger partial charge on any atom is -0.438 e. The Balaban J connectivity index is 2.69. The lowest BCUT2D eigenvalue weighted by Crippen LogP contribution is -1.75. The van der Waals surface area contributed by atoms with Gasteiger partial charge in [-0.2, -0.15) is 17.6 Å². The number of rotatable bonds is 1. The Morgan fingerprint density at radius 2 is 2.45 bits per heavy atom. The molecule has 0 unspecified atom stereocenters. The average Bonchev–Trinajstić information content (AvgIpc) is 2.46. The van der Waals surface area contributed by atoms with E-state index < -0.39 is 0 Å². The number of pyridine rings is 1. The van der Waals surface area contributed by atoms with Gasteiger partial charge in [-0.05, 0) is 12.1 Å². The maximum absolute atomic E-state index is 5.27. The Bertz CT molecular complexity index is 338. The lowest BCUT2D eigenvalue weighted by Gasteiger charge is -1.80. The second kappa shape index (κ2) is 2.54. The van der Waals surface area contributed by atoms with E-state index in [1.54, 1.807) is 6.20 Å². The molecule has 11 heavy (non-hydrogen) atoms. The number of thiol groups is 1. The largest absolute Gasteiger partial charge is 0.438 e. The van der Waals surface area contributed by atoms with Gasteiger partial charge in [0.25, 0.3) is 0 Å². The molecule has 56 valence electrons. The fraction of sp³-hybridized carbons (Fsp3) is 0.143. The quantitative estimate of drug-likeness (QED) is 0.655. The maximum Gasteiger partial charge on any atom is 0.206 e. The van der Waals surface area contributed by atoms with Gasteiger partial charge in [0, 0.05) is 6.20 Å². The van der Waals surface area contributed by atoms with E-state index in [0.29, 0.717) is 17.3 Å². The Kier molecular flexibility index (Phi) is 1.54. The lowest BCUT2D eigenvalue weighted by atomic mass is 10.5. The first kappa shape index (κ1) is 6.67. The normalized spacial score (nSPS) is 10.6. The van der Waals surface area contributed by atoms with Crippen molar-refractivity contribution >= 4 is 23.9 Å². The molecule has 2 heterocycles. The van der Waals surface area contributed by atoms with Gasteiger partial charge in [0.2, 0.25) is 5.89 Å². The third kappa shape index (κ3) is 1.09. The zero-order valence-corrected chi connectivity index (χ0v) is 6.58. The number of hydrogen-bond donors (Lipinski definition) is 1. The van der Waals surface area contributed by atoms with Gasteiger partial charge < -0.3 is 4.42 Å². The van der Waals surface area contributed by atoms with Crippen molar-refractivity contribution in [1.82, 2.24) is 9.97 Å². The smallest absolute Gasteiger partial charge is 0.206 e. The molecule has 0 aromatic carbocycles. The number of nitrogens with zero attached hydrogens (tertiary/aromatic N) is 2. The van der Waals surface area contributed by atoms with Crippen molar-refractivity contribution in [3.05, 3.63) is 24.2 Å². The second-order valence-corrected chi connectivity index (χ2v) is 2.41. The highest BCUT2D eigenvalue weighted by molar-refractivity contribution is 7.79. The standard InChI is InChI=1S/C7H6N2OS/c11-4-6-9-7-5(10-6)2-1-3-8-7/h1-3,11H,4H2. The van der Waals surface area contributed by atoms with E-state index in [2.05, 4.69) is 22.6 Å². The molecule has 0 aliphatic rings. The second-order valence-electron chi connectivity index (χ2n) is 2.09. The van der Waals surface area contributed by atoms with Gasteiger partial charge in [0.15, 0.2) is 11.2 Å². The molecule has 0 aliphatic carbocycles. The molecule has 2 rings (SSSR count). The van der Waals surface area contributed by atoms with E-state index >= 15 is 0 Å². The zero-order valence-electron chi connectivity index (χ0n) is 5.69. The van der Waals surface area contributed by atoms with Crippen molar-refractivity contribution in [3.8, 4) is 0 Å². The molecular formula is C7H6N2OS. The van der Waals surface area contributed by atoms with E-state index in [0.717, 1.165) is 5.58 Å². The molecule has 0 bridgehead atoms. The van der Waals surface area contributed by atoms with Gasteiger partial charge in [0.1, 0.15) is 0 Å². The fourth-order valence-electron chi connectivity index (χ4n) is 0.881. The van der Waals surface area contributed by atoms with Gasteiger partial charge >= 0.3 is 0 Å². The third-order valence-electron chi connectivity index (χ3n) is 1.34. The molecule has 0 radical (unpaired) electrons. The van der Waals surface area contributed by atoms with Crippen molar-refractivity contribution in [2.24, 2.45) is 0 Å². The first-order valence-corrected chi connectivity index (χ1v) is 3.84. The van der Waals surface area contributed by atoms with Gasteiger partial charge in [-0.1, -0.05) is 0 Å². The van der Waals surface area contributed by atoms with Crippen LogP contribution in [0.4, 0.5) is 0 Å². The molecule has 0 saturated carbocycles. The van der Waals surface area contributed by atoms with E-state index in [9.17, 15) is 0 Å². The van der Waals surface area contributed by atoms with Gasteiger partial charge in [0.05, 0.1) is 5.75 Å². The predicted molar refractivity (Wildman–Crippen MR) is 44.5 cm³/mol. The molecule has 0 fully saturated rings. The van der Waals surface area contributed by atoms with Crippen LogP contribution in [0.3, 0.4) is 0 Å². The Morgan fingerprint density at radius 3 is 3.18 bits per heavy atom. The van der Waals surface area contributed by atoms with Crippen LogP contribution >= 0.6 is 12.6 Å². The minimum atomic E-state index is 0.510. The highest BCUT2D eigenvalue weighted by Gasteiger charge is 2.02. The molecule has 0 spiro atoms. The van der Waals surface area contributed by atoms with Crippen LogP contribution in [0.5, 0.6) is 0 Å². The zero-order chi connectivity index (χ0) is 7.68. The number of hydrogen-bond acceptors (Lipinski definition) is 4. The summed E-state index contributed by atoms with van der Waals surface area (Å²) >= 11 is 4.04. The summed E-state index contributed by atoms with van der Waals surface area (Å²) in [6.07, 6.45) is 1.69. The summed E-state index contributed by atoms with van der Waals surface area (Å²) in [6, 6.07) is 3.65. The van der Waals surface area contributed by atoms with Crippen molar-refractivity contribution in [1.29, 1.82) is 0 Å². The van der Waals surface area contributed by atoms with E-state index in [4.69, 9.17) is 4.42 Å². The first-order chi connectivity index (χ1) is 5.40. The number of oxazole rings is 1. The minimum absolute atomic E-state index is 0.510. The molecule has 0 amide bonds. The molecule has 2 aromatic rings. The van der Waals surface area contributed by atoms with Crippen LogP contribution in [-0.2, 0) is 5.75 Å². The van der Waals surface area contributed by atoms with Crippen LogP contribution in [0.15, 0.2) is 22.7 Å².